The minimum absolute atomic E-state index is 0.216. The molecule has 0 saturated carbocycles. The Labute approximate surface area is 199 Å². The first-order chi connectivity index (χ1) is 15.8. The predicted molar refractivity (Wildman–Crippen MR) is 128 cm³/mol. The number of rotatable bonds is 5. The third-order valence-corrected chi connectivity index (χ3v) is 8.15. The molecule has 0 N–H and O–H groups in total. The summed E-state index contributed by atoms with van der Waals surface area (Å²) in [7, 11) is -3.61. The van der Waals surface area contributed by atoms with Crippen LogP contribution in [0.5, 0.6) is 0 Å². The number of halogens is 1. The number of carbonyl (C=O) groups excluding carboxylic acids is 1. The van der Waals surface area contributed by atoms with E-state index in [2.05, 4.69) is 5.10 Å². The number of nitrogens with zero attached hydrogens (tertiary/aromatic N) is 4. The van der Waals surface area contributed by atoms with Crippen LogP contribution in [0.2, 0.25) is 5.15 Å². The maximum absolute atomic E-state index is 13.3. The van der Waals surface area contributed by atoms with Gasteiger partial charge in [0.2, 0.25) is 10.0 Å². The molecule has 0 bridgehead atoms. The molecule has 0 spiro atoms. The van der Waals surface area contributed by atoms with Gasteiger partial charge in [-0.1, -0.05) is 59.6 Å². The number of hydrogen-bond acceptors (Lipinski definition) is 4. The topological polar surface area (TPSA) is 75.5 Å². The van der Waals surface area contributed by atoms with Crippen molar-refractivity contribution in [1.82, 2.24) is 19.0 Å². The summed E-state index contributed by atoms with van der Waals surface area (Å²) in [5.41, 5.74) is 2.98. The van der Waals surface area contributed by atoms with Gasteiger partial charge in [0, 0.05) is 26.2 Å². The van der Waals surface area contributed by atoms with Gasteiger partial charge >= 0.3 is 0 Å². The lowest BCUT2D eigenvalue weighted by Crippen LogP contribution is -2.37. The lowest BCUT2D eigenvalue weighted by atomic mass is 10.2. The standard InChI is InChI=1S/C24H27ClN4O3S/c1-18-9-11-21(12-10-18)33(31,32)28-14-6-13-27(15-16-28)24(30)22-19(2)26-29(23(22)25)17-20-7-4-3-5-8-20/h3-5,7-12H,6,13-17H2,1-2H3. The second-order valence-corrected chi connectivity index (χ2v) is 10.6. The third-order valence-electron chi connectivity index (χ3n) is 5.86. The van der Waals surface area contributed by atoms with Crippen LogP contribution in [0, 0.1) is 13.8 Å². The summed E-state index contributed by atoms with van der Waals surface area (Å²) >= 11 is 6.58. The number of aryl methyl sites for hydroxylation is 2. The summed E-state index contributed by atoms with van der Waals surface area (Å²) in [5, 5.41) is 4.78. The van der Waals surface area contributed by atoms with Crippen LogP contribution in [-0.2, 0) is 16.6 Å². The molecular weight excluding hydrogens is 460 g/mol. The molecule has 2 aromatic carbocycles. The summed E-state index contributed by atoms with van der Waals surface area (Å²) in [4.78, 5) is 15.3. The van der Waals surface area contributed by atoms with Gasteiger partial charge in [-0.05, 0) is 38.0 Å². The summed E-state index contributed by atoms with van der Waals surface area (Å²) in [5.74, 6) is -0.216. The smallest absolute Gasteiger partial charge is 0.258 e. The van der Waals surface area contributed by atoms with Crippen LogP contribution in [0.4, 0.5) is 0 Å². The van der Waals surface area contributed by atoms with E-state index in [-0.39, 0.29) is 17.3 Å². The highest BCUT2D eigenvalue weighted by Crippen LogP contribution is 2.24. The molecule has 1 amide bonds. The summed E-state index contributed by atoms with van der Waals surface area (Å²) in [6.45, 7) is 5.50. The summed E-state index contributed by atoms with van der Waals surface area (Å²) in [6.07, 6.45) is 0.547. The van der Waals surface area contributed by atoms with Crippen LogP contribution in [0.3, 0.4) is 0 Å². The lowest BCUT2D eigenvalue weighted by molar-refractivity contribution is 0.0763. The first-order valence-electron chi connectivity index (χ1n) is 10.9. The molecule has 7 nitrogen and oxygen atoms in total. The molecule has 174 valence electrons. The average Bonchev–Trinajstić information content (AvgIpc) is 2.97. The zero-order valence-corrected chi connectivity index (χ0v) is 20.3. The second-order valence-electron chi connectivity index (χ2n) is 8.26. The number of carbonyl (C=O) groups is 1. The second kappa shape index (κ2) is 9.67. The van der Waals surface area contributed by atoms with Crippen LogP contribution in [0.1, 0.15) is 33.6 Å². The van der Waals surface area contributed by atoms with E-state index >= 15 is 0 Å². The SMILES string of the molecule is Cc1ccc(S(=O)(=O)N2CCCN(C(=O)c3c(C)nn(Cc4ccccc4)c3Cl)CC2)cc1. The Hall–Kier alpha value is -2.68. The van der Waals surface area contributed by atoms with Crippen molar-refractivity contribution in [3.8, 4) is 0 Å². The quantitative estimate of drug-likeness (QED) is 0.550. The van der Waals surface area contributed by atoms with Gasteiger partial charge in [0.1, 0.15) is 5.15 Å². The fourth-order valence-electron chi connectivity index (χ4n) is 4.01. The van der Waals surface area contributed by atoms with Crippen molar-refractivity contribution in [2.24, 2.45) is 0 Å². The molecule has 1 saturated heterocycles. The molecule has 0 radical (unpaired) electrons. The molecule has 0 unspecified atom stereocenters. The van der Waals surface area contributed by atoms with Crippen LogP contribution < -0.4 is 0 Å². The molecule has 4 rings (SSSR count). The molecule has 0 atom stereocenters. The lowest BCUT2D eigenvalue weighted by Gasteiger charge is -2.22. The van der Waals surface area contributed by atoms with E-state index in [1.807, 2.05) is 37.3 Å². The Morgan fingerprint density at radius 1 is 0.970 bits per heavy atom. The van der Waals surface area contributed by atoms with Gasteiger partial charge in [-0.25, -0.2) is 13.1 Å². The fourth-order valence-corrected chi connectivity index (χ4v) is 5.80. The van der Waals surface area contributed by atoms with Crippen molar-refractivity contribution in [2.75, 3.05) is 26.2 Å². The normalized spacial score (nSPS) is 15.4. The molecule has 0 aliphatic carbocycles. The molecule has 1 fully saturated rings. The molecule has 3 aromatic rings. The number of aromatic nitrogens is 2. The van der Waals surface area contributed by atoms with Crippen LogP contribution >= 0.6 is 11.6 Å². The molecule has 1 aromatic heterocycles. The van der Waals surface area contributed by atoms with Gasteiger partial charge in [-0.2, -0.15) is 9.40 Å². The maximum atomic E-state index is 13.3. The van der Waals surface area contributed by atoms with Gasteiger partial charge < -0.3 is 4.90 Å². The van der Waals surface area contributed by atoms with E-state index in [0.29, 0.717) is 49.0 Å². The average molecular weight is 487 g/mol. The van der Waals surface area contributed by atoms with Crippen molar-refractivity contribution < 1.29 is 13.2 Å². The minimum Gasteiger partial charge on any atom is -0.337 e. The Morgan fingerprint density at radius 2 is 1.67 bits per heavy atom. The zero-order chi connectivity index (χ0) is 23.6. The van der Waals surface area contributed by atoms with Crippen molar-refractivity contribution in [3.63, 3.8) is 0 Å². The molecule has 9 heteroatoms. The Bertz CT molecular complexity index is 1240. The highest BCUT2D eigenvalue weighted by molar-refractivity contribution is 7.89. The van der Waals surface area contributed by atoms with Crippen LogP contribution in [0.15, 0.2) is 59.5 Å². The Morgan fingerprint density at radius 3 is 2.36 bits per heavy atom. The number of amides is 1. The molecular formula is C24H27ClN4O3S. The Balaban J connectivity index is 1.49. The third kappa shape index (κ3) is 4.98. The largest absolute Gasteiger partial charge is 0.337 e. The highest BCUT2D eigenvalue weighted by Gasteiger charge is 2.30. The van der Waals surface area contributed by atoms with E-state index in [4.69, 9.17) is 11.6 Å². The first-order valence-corrected chi connectivity index (χ1v) is 12.7. The van der Waals surface area contributed by atoms with Gasteiger partial charge in [-0.15, -0.1) is 0 Å². The van der Waals surface area contributed by atoms with Gasteiger partial charge in [0.25, 0.3) is 5.91 Å². The number of sulfonamides is 1. The number of hydrogen-bond donors (Lipinski definition) is 0. The van der Waals surface area contributed by atoms with Crippen LogP contribution in [0.25, 0.3) is 0 Å². The van der Waals surface area contributed by atoms with E-state index in [1.165, 1.54) is 4.31 Å². The van der Waals surface area contributed by atoms with Crippen molar-refractivity contribution in [2.45, 2.75) is 31.7 Å². The molecule has 1 aliphatic heterocycles. The molecule has 2 heterocycles. The van der Waals surface area contributed by atoms with E-state index in [1.54, 1.807) is 40.8 Å². The monoisotopic (exact) mass is 486 g/mol. The zero-order valence-electron chi connectivity index (χ0n) is 18.7. The molecule has 33 heavy (non-hydrogen) atoms. The van der Waals surface area contributed by atoms with Gasteiger partial charge in [0.05, 0.1) is 22.7 Å². The van der Waals surface area contributed by atoms with Gasteiger partial charge in [-0.3, -0.25) is 4.79 Å². The molecule has 1 aliphatic rings. The van der Waals surface area contributed by atoms with E-state index in [0.717, 1.165) is 11.1 Å². The van der Waals surface area contributed by atoms with E-state index in [9.17, 15) is 13.2 Å². The minimum atomic E-state index is -3.61. The number of benzene rings is 2. The Kier molecular flexibility index (Phi) is 6.88. The first kappa shape index (κ1) is 23.5. The van der Waals surface area contributed by atoms with E-state index < -0.39 is 10.0 Å². The predicted octanol–water partition coefficient (Wildman–Crippen LogP) is 3.74. The maximum Gasteiger partial charge on any atom is 0.258 e. The van der Waals surface area contributed by atoms with Crippen molar-refractivity contribution >= 4 is 27.5 Å². The fraction of sp³-hybridized carbons (Fsp3) is 0.333. The summed E-state index contributed by atoms with van der Waals surface area (Å²) < 4.78 is 29.2. The van der Waals surface area contributed by atoms with Gasteiger partial charge in [0.15, 0.2) is 0 Å². The van der Waals surface area contributed by atoms with Crippen LogP contribution in [-0.4, -0.2) is 59.5 Å². The summed E-state index contributed by atoms with van der Waals surface area (Å²) in [6, 6.07) is 16.6. The van der Waals surface area contributed by atoms with Crippen molar-refractivity contribution in [1.29, 1.82) is 0 Å². The highest BCUT2D eigenvalue weighted by atomic mass is 35.5. The van der Waals surface area contributed by atoms with Crippen molar-refractivity contribution in [3.05, 3.63) is 82.1 Å².